The second-order valence-corrected chi connectivity index (χ2v) is 9.40. The summed E-state index contributed by atoms with van der Waals surface area (Å²) in [6, 6.07) is 1.76. The number of nitrogens with one attached hydrogen (secondary N) is 1. The summed E-state index contributed by atoms with van der Waals surface area (Å²) in [6.07, 6.45) is 9.12. The summed E-state index contributed by atoms with van der Waals surface area (Å²) in [5, 5.41) is 2.87. The maximum absolute atomic E-state index is 12.5. The largest absolute Gasteiger partial charge is 0.356 e. The van der Waals surface area contributed by atoms with Gasteiger partial charge in [0.05, 0.1) is 5.75 Å². The van der Waals surface area contributed by atoms with Gasteiger partial charge in [-0.1, -0.05) is 12.8 Å². The minimum atomic E-state index is -3.29. The normalized spacial score (nSPS) is 19.3. The number of amides is 1. The molecule has 0 aromatic carbocycles. The molecule has 1 saturated heterocycles. The zero-order chi connectivity index (χ0) is 19.1. The molecule has 27 heavy (non-hydrogen) atoms. The van der Waals surface area contributed by atoms with Crippen molar-refractivity contribution >= 4 is 21.9 Å². The molecule has 150 valence electrons. The van der Waals surface area contributed by atoms with E-state index in [2.05, 4.69) is 15.3 Å². The smallest absolute Gasteiger partial charge is 0.225 e. The molecule has 1 aliphatic heterocycles. The third-order valence-electron chi connectivity index (χ3n) is 5.32. The van der Waals surface area contributed by atoms with Crippen molar-refractivity contribution in [3.63, 3.8) is 0 Å². The van der Waals surface area contributed by atoms with Gasteiger partial charge in [-0.3, -0.25) is 4.79 Å². The Morgan fingerprint density at radius 1 is 1.11 bits per heavy atom. The van der Waals surface area contributed by atoms with Crippen LogP contribution in [-0.4, -0.2) is 67.1 Å². The van der Waals surface area contributed by atoms with Crippen LogP contribution in [0.4, 0.5) is 5.95 Å². The fourth-order valence-electron chi connectivity index (χ4n) is 3.78. The molecule has 0 radical (unpaired) electrons. The van der Waals surface area contributed by atoms with Crippen LogP contribution in [0.3, 0.4) is 0 Å². The number of hydrogen-bond acceptors (Lipinski definition) is 6. The van der Waals surface area contributed by atoms with Crippen LogP contribution < -0.4 is 10.2 Å². The Balaban J connectivity index is 1.35. The lowest BCUT2D eigenvalue weighted by Crippen LogP contribution is -2.49. The number of sulfonamides is 1. The summed E-state index contributed by atoms with van der Waals surface area (Å²) in [6.45, 7) is 2.47. The monoisotopic (exact) mass is 395 g/mol. The van der Waals surface area contributed by atoms with E-state index < -0.39 is 10.0 Å². The van der Waals surface area contributed by atoms with Gasteiger partial charge in [0, 0.05) is 51.5 Å². The van der Waals surface area contributed by atoms with Gasteiger partial charge in [-0.25, -0.2) is 18.4 Å². The van der Waals surface area contributed by atoms with Crippen LogP contribution in [0.1, 0.15) is 38.5 Å². The van der Waals surface area contributed by atoms with Crippen molar-refractivity contribution in [2.45, 2.75) is 38.5 Å². The number of hydrogen-bond donors (Lipinski definition) is 1. The van der Waals surface area contributed by atoms with Crippen molar-refractivity contribution in [3.05, 3.63) is 18.5 Å². The van der Waals surface area contributed by atoms with Crippen LogP contribution in [0.25, 0.3) is 0 Å². The summed E-state index contributed by atoms with van der Waals surface area (Å²) in [7, 11) is -3.29. The van der Waals surface area contributed by atoms with Crippen molar-refractivity contribution in [1.29, 1.82) is 0 Å². The van der Waals surface area contributed by atoms with Gasteiger partial charge in [0.1, 0.15) is 0 Å². The number of nitrogens with zero attached hydrogens (tertiary/aromatic N) is 4. The van der Waals surface area contributed by atoms with Crippen molar-refractivity contribution in [3.8, 4) is 0 Å². The lowest BCUT2D eigenvalue weighted by Gasteiger charge is -2.33. The van der Waals surface area contributed by atoms with Crippen LogP contribution in [0, 0.1) is 5.92 Å². The van der Waals surface area contributed by atoms with E-state index in [1.165, 1.54) is 17.1 Å². The molecule has 1 N–H and O–H groups in total. The first-order valence-corrected chi connectivity index (χ1v) is 11.4. The highest BCUT2D eigenvalue weighted by Crippen LogP contribution is 2.27. The number of aromatic nitrogens is 2. The SMILES string of the molecule is O=C(CC1CCCC1)NCCCS(=O)(=O)N1CCN(c2ncccn2)CC1. The molecule has 0 unspecified atom stereocenters. The van der Waals surface area contributed by atoms with Gasteiger partial charge < -0.3 is 10.2 Å². The molecular formula is C18H29N5O3S. The predicted molar refractivity (Wildman–Crippen MR) is 104 cm³/mol. The number of carbonyl (C=O) groups is 1. The van der Waals surface area contributed by atoms with Crippen molar-refractivity contribution in [1.82, 2.24) is 19.6 Å². The summed E-state index contributed by atoms with van der Waals surface area (Å²) < 4.78 is 26.6. The second kappa shape index (κ2) is 9.45. The first-order chi connectivity index (χ1) is 13.0. The fraction of sp³-hybridized carbons (Fsp3) is 0.722. The summed E-state index contributed by atoms with van der Waals surface area (Å²) in [4.78, 5) is 22.3. The van der Waals surface area contributed by atoms with Crippen molar-refractivity contribution in [2.75, 3.05) is 43.4 Å². The Morgan fingerprint density at radius 2 is 1.78 bits per heavy atom. The van der Waals surface area contributed by atoms with Crippen molar-refractivity contribution in [2.24, 2.45) is 5.92 Å². The molecule has 1 saturated carbocycles. The zero-order valence-electron chi connectivity index (χ0n) is 15.7. The molecule has 0 atom stereocenters. The second-order valence-electron chi connectivity index (χ2n) is 7.31. The Bertz CT molecular complexity index is 699. The standard InChI is InChI=1S/C18H29N5O3S/c24-17(15-16-5-1-2-6-16)19-9-4-14-27(25,26)23-12-10-22(11-13-23)18-20-7-3-8-21-18/h3,7-8,16H,1-2,4-6,9-15H2,(H,19,24). The molecular weight excluding hydrogens is 366 g/mol. The number of anilines is 1. The molecule has 2 heterocycles. The average molecular weight is 396 g/mol. The Kier molecular flexibility index (Phi) is 7.01. The quantitative estimate of drug-likeness (QED) is 0.660. The lowest BCUT2D eigenvalue weighted by molar-refractivity contribution is -0.121. The van der Waals surface area contributed by atoms with Gasteiger partial charge in [-0.2, -0.15) is 4.31 Å². The van der Waals surface area contributed by atoms with E-state index in [0.717, 1.165) is 12.8 Å². The maximum atomic E-state index is 12.5. The van der Waals surface area contributed by atoms with E-state index in [4.69, 9.17) is 0 Å². The first kappa shape index (κ1) is 20.0. The molecule has 2 aliphatic rings. The van der Waals surface area contributed by atoms with E-state index in [1.54, 1.807) is 18.5 Å². The summed E-state index contributed by atoms with van der Waals surface area (Å²) in [5.74, 6) is 1.27. The minimum absolute atomic E-state index is 0.0516. The first-order valence-electron chi connectivity index (χ1n) is 9.81. The number of rotatable bonds is 8. The highest BCUT2D eigenvalue weighted by atomic mass is 32.2. The fourth-order valence-corrected chi connectivity index (χ4v) is 5.27. The van der Waals surface area contributed by atoms with E-state index >= 15 is 0 Å². The third-order valence-corrected chi connectivity index (χ3v) is 7.27. The topological polar surface area (TPSA) is 95.5 Å². The molecule has 3 rings (SSSR count). The molecule has 1 aromatic heterocycles. The van der Waals surface area contributed by atoms with Gasteiger partial charge in [0.2, 0.25) is 21.9 Å². The Labute approximate surface area is 161 Å². The van der Waals surface area contributed by atoms with Crippen LogP contribution in [-0.2, 0) is 14.8 Å². The third kappa shape index (κ3) is 5.87. The number of carbonyl (C=O) groups excluding carboxylic acids is 1. The molecule has 1 aliphatic carbocycles. The average Bonchev–Trinajstić information content (AvgIpc) is 3.19. The number of piperazine rings is 1. The van der Waals surface area contributed by atoms with Gasteiger partial charge >= 0.3 is 0 Å². The highest BCUT2D eigenvalue weighted by molar-refractivity contribution is 7.89. The molecule has 1 amide bonds. The molecule has 2 fully saturated rings. The zero-order valence-corrected chi connectivity index (χ0v) is 16.5. The van der Waals surface area contributed by atoms with Crippen LogP contribution in [0.5, 0.6) is 0 Å². The molecule has 0 spiro atoms. The minimum Gasteiger partial charge on any atom is -0.356 e. The Hall–Kier alpha value is -1.74. The van der Waals surface area contributed by atoms with E-state index in [9.17, 15) is 13.2 Å². The molecule has 9 heteroatoms. The summed E-state index contributed by atoms with van der Waals surface area (Å²) >= 11 is 0. The highest BCUT2D eigenvalue weighted by Gasteiger charge is 2.27. The van der Waals surface area contributed by atoms with Gasteiger partial charge in [-0.05, 0) is 31.2 Å². The van der Waals surface area contributed by atoms with Gasteiger partial charge in [0.15, 0.2) is 0 Å². The van der Waals surface area contributed by atoms with Crippen LogP contribution in [0.15, 0.2) is 18.5 Å². The van der Waals surface area contributed by atoms with E-state index in [0.29, 0.717) is 57.4 Å². The van der Waals surface area contributed by atoms with E-state index in [-0.39, 0.29) is 11.7 Å². The van der Waals surface area contributed by atoms with Gasteiger partial charge in [-0.15, -0.1) is 0 Å². The van der Waals surface area contributed by atoms with Gasteiger partial charge in [0.25, 0.3) is 0 Å². The molecule has 1 aromatic rings. The van der Waals surface area contributed by atoms with E-state index in [1.807, 2.05) is 4.90 Å². The lowest BCUT2D eigenvalue weighted by atomic mass is 10.0. The maximum Gasteiger partial charge on any atom is 0.225 e. The summed E-state index contributed by atoms with van der Waals surface area (Å²) in [5.41, 5.74) is 0. The van der Waals surface area contributed by atoms with Crippen LogP contribution in [0.2, 0.25) is 0 Å². The molecule has 0 bridgehead atoms. The Morgan fingerprint density at radius 3 is 2.44 bits per heavy atom. The predicted octanol–water partition coefficient (Wildman–Crippen LogP) is 1.02. The molecule has 8 nitrogen and oxygen atoms in total. The van der Waals surface area contributed by atoms with Crippen molar-refractivity contribution < 1.29 is 13.2 Å². The van der Waals surface area contributed by atoms with Crippen LogP contribution >= 0.6 is 0 Å².